The van der Waals surface area contributed by atoms with E-state index < -0.39 is 17.4 Å². The average Bonchev–Trinajstić information content (AvgIpc) is 3.05. The largest absolute Gasteiger partial charge is 0.493 e. The first-order chi connectivity index (χ1) is 22.0. The molecule has 1 aliphatic carbocycles. The van der Waals surface area contributed by atoms with Crippen LogP contribution in [-0.2, 0) is 31.9 Å². The number of aliphatic hydroxyl groups is 2. The quantitative estimate of drug-likeness (QED) is 0.0994. The maximum atomic E-state index is 12.0. The molecule has 2 aromatic rings. The lowest BCUT2D eigenvalue weighted by Gasteiger charge is -2.26. The number of aryl methyl sites for hydroxylation is 2. The number of hydrogen-bond acceptors (Lipinski definition) is 7. The lowest BCUT2D eigenvalue weighted by molar-refractivity contribution is -0.139. The van der Waals surface area contributed by atoms with Crippen LogP contribution in [0.2, 0.25) is 0 Å². The number of carbonyl (C=O) groups excluding carboxylic acids is 2. The lowest BCUT2D eigenvalue weighted by Crippen LogP contribution is -2.28. The molecule has 2 aromatic carbocycles. The summed E-state index contributed by atoms with van der Waals surface area (Å²) in [6, 6.07) is 13.2. The van der Waals surface area contributed by atoms with Crippen molar-refractivity contribution in [3.63, 3.8) is 0 Å². The second-order valence-corrected chi connectivity index (χ2v) is 13.5. The summed E-state index contributed by atoms with van der Waals surface area (Å²) in [5.41, 5.74) is 5.60. The van der Waals surface area contributed by atoms with Gasteiger partial charge in [0.1, 0.15) is 5.75 Å². The van der Waals surface area contributed by atoms with Gasteiger partial charge in [0.05, 0.1) is 33.0 Å². The van der Waals surface area contributed by atoms with E-state index in [1.807, 2.05) is 6.92 Å². The smallest absolute Gasteiger partial charge is 0.333 e. The van der Waals surface area contributed by atoms with E-state index in [4.69, 9.17) is 14.2 Å². The summed E-state index contributed by atoms with van der Waals surface area (Å²) in [4.78, 5) is 23.9. The van der Waals surface area contributed by atoms with Gasteiger partial charge in [-0.3, -0.25) is 0 Å². The molecule has 0 amide bonds. The highest BCUT2D eigenvalue weighted by Gasteiger charge is 2.24. The Balaban J connectivity index is 1.92. The second kappa shape index (κ2) is 18.1. The van der Waals surface area contributed by atoms with Gasteiger partial charge in [-0.2, -0.15) is 0 Å². The van der Waals surface area contributed by atoms with Crippen LogP contribution in [-0.4, -0.2) is 55.2 Å². The molecule has 46 heavy (non-hydrogen) atoms. The standard InChI is InChI=1S/C39H54O7/c1-27(2)37(42)45-20-7-9-33-23-35(32-17-15-31(16-18-32)30-13-11-29(5)12-14-30)24-34(10-8-21-46-38(43)28(3)4)36(33)44-22-19-39(6,25-40)26-41/h15-18,23-24,29-30,40-41H,1,3,7-14,19-22,25-26H2,2,4-6H3. The Labute approximate surface area is 275 Å². The molecule has 7 nitrogen and oxygen atoms in total. The van der Waals surface area contributed by atoms with E-state index in [1.165, 1.54) is 31.2 Å². The fourth-order valence-corrected chi connectivity index (χ4v) is 5.73. The molecular formula is C39H54O7. The molecule has 1 fully saturated rings. The minimum Gasteiger partial charge on any atom is -0.493 e. The van der Waals surface area contributed by atoms with E-state index in [0.717, 1.165) is 33.9 Å². The van der Waals surface area contributed by atoms with Gasteiger partial charge in [0.2, 0.25) is 0 Å². The van der Waals surface area contributed by atoms with Crippen molar-refractivity contribution in [1.82, 2.24) is 0 Å². The Bertz CT molecular complexity index is 1260. The molecule has 1 saturated carbocycles. The molecule has 2 N–H and O–H groups in total. The third-order valence-electron chi connectivity index (χ3n) is 9.03. The van der Waals surface area contributed by atoms with Crippen LogP contribution in [0.1, 0.15) is 95.2 Å². The number of benzene rings is 2. The van der Waals surface area contributed by atoms with Crippen molar-refractivity contribution in [1.29, 1.82) is 0 Å². The average molecular weight is 635 g/mol. The molecule has 0 bridgehead atoms. The molecule has 3 rings (SSSR count). The number of hydrogen-bond donors (Lipinski definition) is 2. The summed E-state index contributed by atoms with van der Waals surface area (Å²) < 4.78 is 17.2. The third-order valence-corrected chi connectivity index (χ3v) is 9.03. The first kappa shape index (κ1) is 37.0. The van der Waals surface area contributed by atoms with E-state index in [1.54, 1.807) is 13.8 Å². The summed E-state index contributed by atoms with van der Waals surface area (Å²) in [6.07, 6.45) is 7.90. The Kier molecular flexibility index (Phi) is 14.5. The molecule has 0 aliphatic heterocycles. The van der Waals surface area contributed by atoms with Crippen LogP contribution < -0.4 is 4.74 Å². The predicted octanol–water partition coefficient (Wildman–Crippen LogP) is 7.51. The first-order valence-electron chi connectivity index (χ1n) is 16.7. The Morgan fingerprint density at radius 1 is 0.804 bits per heavy atom. The van der Waals surface area contributed by atoms with Crippen LogP contribution in [0.5, 0.6) is 5.75 Å². The van der Waals surface area contributed by atoms with Gasteiger partial charge in [0.25, 0.3) is 0 Å². The molecule has 0 aromatic heterocycles. The van der Waals surface area contributed by atoms with E-state index >= 15 is 0 Å². The normalized spacial score (nSPS) is 16.5. The van der Waals surface area contributed by atoms with Crippen LogP contribution in [0.3, 0.4) is 0 Å². The van der Waals surface area contributed by atoms with E-state index in [9.17, 15) is 19.8 Å². The summed E-state index contributed by atoms with van der Waals surface area (Å²) in [5, 5.41) is 19.6. The Hall–Kier alpha value is -3.42. The van der Waals surface area contributed by atoms with Crippen molar-refractivity contribution >= 4 is 11.9 Å². The zero-order valence-electron chi connectivity index (χ0n) is 28.4. The van der Waals surface area contributed by atoms with Crippen LogP contribution in [0.15, 0.2) is 60.7 Å². The Morgan fingerprint density at radius 2 is 1.30 bits per heavy atom. The van der Waals surface area contributed by atoms with Gasteiger partial charge in [-0.1, -0.05) is 64.1 Å². The SMILES string of the molecule is C=C(C)C(=O)OCCCc1cc(-c2ccc(C3CCC(C)CC3)cc2)cc(CCCOC(=O)C(=C)C)c1OCCC(C)(CO)CO. The number of ether oxygens (including phenoxy) is 3. The number of rotatable bonds is 18. The zero-order chi connectivity index (χ0) is 33.7. The van der Waals surface area contributed by atoms with Gasteiger partial charge in [0, 0.05) is 16.6 Å². The van der Waals surface area contributed by atoms with Gasteiger partial charge in [-0.25, -0.2) is 9.59 Å². The highest BCUT2D eigenvalue weighted by molar-refractivity contribution is 5.87. The first-order valence-corrected chi connectivity index (χ1v) is 16.7. The fraction of sp³-hybridized carbons (Fsp3) is 0.538. The minimum absolute atomic E-state index is 0.149. The van der Waals surface area contributed by atoms with Crippen molar-refractivity contribution in [2.24, 2.45) is 11.3 Å². The molecule has 0 heterocycles. The summed E-state index contributed by atoms with van der Waals surface area (Å²) in [6.45, 7) is 15.3. The topological polar surface area (TPSA) is 102 Å². The minimum atomic E-state index is -0.661. The van der Waals surface area contributed by atoms with Crippen molar-refractivity contribution in [2.75, 3.05) is 33.0 Å². The predicted molar refractivity (Wildman–Crippen MR) is 183 cm³/mol. The maximum Gasteiger partial charge on any atom is 0.333 e. The van der Waals surface area contributed by atoms with Crippen molar-refractivity contribution < 1.29 is 34.0 Å². The van der Waals surface area contributed by atoms with Gasteiger partial charge in [0.15, 0.2) is 0 Å². The number of aliphatic hydroxyl groups excluding tert-OH is 2. The molecule has 252 valence electrons. The van der Waals surface area contributed by atoms with Crippen LogP contribution in [0, 0.1) is 11.3 Å². The molecule has 1 aliphatic rings. The van der Waals surface area contributed by atoms with Gasteiger partial charge >= 0.3 is 11.9 Å². The van der Waals surface area contributed by atoms with Gasteiger partial charge in [-0.15, -0.1) is 0 Å². The maximum absolute atomic E-state index is 12.0. The molecule has 0 radical (unpaired) electrons. The highest BCUT2D eigenvalue weighted by atomic mass is 16.5. The van der Waals surface area contributed by atoms with E-state index in [-0.39, 0.29) is 26.4 Å². The summed E-state index contributed by atoms with van der Waals surface area (Å²) in [5.74, 6) is 1.35. The van der Waals surface area contributed by atoms with Crippen molar-refractivity contribution in [2.45, 2.75) is 91.4 Å². The van der Waals surface area contributed by atoms with Gasteiger partial charge < -0.3 is 24.4 Å². The third kappa shape index (κ3) is 11.1. The van der Waals surface area contributed by atoms with Crippen LogP contribution >= 0.6 is 0 Å². The lowest BCUT2D eigenvalue weighted by atomic mass is 9.79. The molecule has 0 atom stereocenters. The van der Waals surface area contributed by atoms with Crippen LogP contribution in [0.4, 0.5) is 0 Å². The number of carbonyl (C=O) groups is 2. The molecule has 0 spiro atoms. The van der Waals surface area contributed by atoms with Crippen LogP contribution in [0.25, 0.3) is 11.1 Å². The fourth-order valence-electron chi connectivity index (χ4n) is 5.73. The molecule has 7 heteroatoms. The highest BCUT2D eigenvalue weighted by Crippen LogP contribution is 2.38. The molecule has 0 unspecified atom stereocenters. The van der Waals surface area contributed by atoms with Crippen molar-refractivity contribution in [3.8, 4) is 16.9 Å². The summed E-state index contributed by atoms with van der Waals surface area (Å²) >= 11 is 0. The Morgan fingerprint density at radius 3 is 1.76 bits per heavy atom. The van der Waals surface area contributed by atoms with E-state index in [0.29, 0.717) is 55.8 Å². The molecular weight excluding hydrogens is 580 g/mol. The summed E-state index contributed by atoms with van der Waals surface area (Å²) in [7, 11) is 0. The second-order valence-electron chi connectivity index (χ2n) is 13.5. The van der Waals surface area contributed by atoms with Crippen molar-refractivity contribution in [3.05, 3.63) is 77.4 Å². The van der Waals surface area contributed by atoms with E-state index in [2.05, 4.69) is 56.5 Å². The zero-order valence-corrected chi connectivity index (χ0v) is 28.4. The number of esters is 2. The monoisotopic (exact) mass is 634 g/mol. The van der Waals surface area contributed by atoms with Gasteiger partial charge in [-0.05, 0) is 111 Å². The molecule has 0 saturated heterocycles.